The second-order valence-electron chi connectivity index (χ2n) is 4.10. The lowest BCUT2D eigenvalue weighted by atomic mass is 10.1. The minimum Gasteiger partial charge on any atom is -0.465 e. The number of hydrogen-bond donors (Lipinski definition) is 1. The van der Waals surface area contributed by atoms with Crippen molar-refractivity contribution >= 4 is 5.97 Å². The van der Waals surface area contributed by atoms with Gasteiger partial charge in [0.05, 0.1) is 6.61 Å². The van der Waals surface area contributed by atoms with Gasteiger partial charge in [-0.2, -0.15) is 0 Å². The first-order valence-corrected chi connectivity index (χ1v) is 5.85. The monoisotopic (exact) mass is 214 g/mol. The van der Waals surface area contributed by atoms with E-state index in [-0.39, 0.29) is 18.1 Å². The van der Waals surface area contributed by atoms with Crippen LogP contribution in [0.15, 0.2) is 0 Å². The third kappa shape index (κ3) is 3.47. The van der Waals surface area contributed by atoms with E-state index in [1.165, 1.54) is 0 Å². The van der Waals surface area contributed by atoms with Crippen LogP contribution in [0.3, 0.4) is 0 Å². The lowest BCUT2D eigenvalue weighted by Gasteiger charge is -2.25. The van der Waals surface area contributed by atoms with Gasteiger partial charge in [-0.1, -0.05) is 13.3 Å². The summed E-state index contributed by atoms with van der Waals surface area (Å²) < 4.78 is 5.08. The van der Waals surface area contributed by atoms with Gasteiger partial charge in [-0.15, -0.1) is 0 Å². The summed E-state index contributed by atoms with van der Waals surface area (Å²) in [5.41, 5.74) is 5.84. The molecular weight excluding hydrogens is 192 g/mol. The van der Waals surface area contributed by atoms with Crippen LogP contribution in [0.5, 0.6) is 0 Å². The SMILES string of the molecule is CCCC(C(=O)OCC)N1CCC(N)C1. The number of carbonyl (C=O) groups excluding carboxylic acids is 1. The van der Waals surface area contributed by atoms with Crippen molar-refractivity contribution in [2.75, 3.05) is 19.7 Å². The first-order chi connectivity index (χ1) is 7.19. The summed E-state index contributed by atoms with van der Waals surface area (Å²) in [5, 5.41) is 0. The molecule has 1 aliphatic heterocycles. The lowest BCUT2D eigenvalue weighted by molar-refractivity contribution is -0.149. The van der Waals surface area contributed by atoms with E-state index >= 15 is 0 Å². The molecule has 2 N–H and O–H groups in total. The van der Waals surface area contributed by atoms with E-state index in [0.29, 0.717) is 6.61 Å². The summed E-state index contributed by atoms with van der Waals surface area (Å²) in [6, 6.07) is 0.141. The van der Waals surface area contributed by atoms with Crippen LogP contribution < -0.4 is 5.73 Å². The summed E-state index contributed by atoms with van der Waals surface area (Å²) in [6.07, 6.45) is 2.85. The molecule has 0 aromatic heterocycles. The van der Waals surface area contributed by atoms with Gasteiger partial charge in [0.1, 0.15) is 6.04 Å². The summed E-state index contributed by atoms with van der Waals surface area (Å²) in [4.78, 5) is 13.9. The van der Waals surface area contributed by atoms with Crippen LogP contribution in [0.4, 0.5) is 0 Å². The molecule has 2 atom stereocenters. The Kier molecular flexibility index (Phi) is 5.05. The first-order valence-electron chi connectivity index (χ1n) is 5.85. The van der Waals surface area contributed by atoms with Crippen LogP contribution in [-0.4, -0.2) is 42.6 Å². The Morgan fingerprint density at radius 2 is 2.33 bits per heavy atom. The van der Waals surface area contributed by atoms with E-state index in [9.17, 15) is 4.79 Å². The maximum Gasteiger partial charge on any atom is 0.323 e. The van der Waals surface area contributed by atoms with Crippen molar-refractivity contribution in [3.63, 3.8) is 0 Å². The van der Waals surface area contributed by atoms with Crippen molar-refractivity contribution < 1.29 is 9.53 Å². The highest BCUT2D eigenvalue weighted by atomic mass is 16.5. The molecule has 1 rings (SSSR count). The number of rotatable bonds is 5. The zero-order valence-corrected chi connectivity index (χ0v) is 9.74. The largest absolute Gasteiger partial charge is 0.465 e. The van der Waals surface area contributed by atoms with E-state index in [1.54, 1.807) is 0 Å². The highest BCUT2D eigenvalue weighted by Crippen LogP contribution is 2.16. The van der Waals surface area contributed by atoms with Crippen LogP contribution in [0, 0.1) is 0 Å². The number of carbonyl (C=O) groups is 1. The molecule has 0 aromatic carbocycles. The van der Waals surface area contributed by atoms with Gasteiger partial charge < -0.3 is 10.5 Å². The van der Waals surface area contributed by atoms with Crippen molar-refractivity contribution in [1.29, 1.82) is 0 Å². The third-order valence-electron chi connectivity index (χ3n) is 2.82. The van der Waals surface area contributed by atoms with Gasteiger partial charge in [-0.3, -0.25) is 9.69 Å². The molecule has 0 radical (unpaired) electrons. The Bertz CT molecular complexity index is 209. The number of nitrogens with zero attached hydrogens (tertiary/aromatic N) is 1. The Morgan fingerprint density at radius 1 is 1.60 bits per heavy atom. The zero-order chi connectivity index (χ0) is 11.3. The average Bonchev–Trinajstić information content (AvgIpc) is 2.61. The molecule has 0 saturated carbocycles. The molecule has 1 aliphatic rings. The molecule has 0 aromatic rings. The average molecular weight is 214 g/mol. The van der Waals surface area contributed by atoms with E-state index in [1.807, 2.05) is 6.92 Å². The molecule has 0 spiro atoms. The van der Waals surface area contributed by atoms with Crippen LogP contribution in [0.25, 0.3) is 0 Å². The molecule has 1 heterocycles. The molecular formula is C11H22N2O2. The zero-order valence-electron chi connectivity index (χ0n) is 9.74. The highest BCUT2D eigenvalue weighted by molar-refractivity contribution is 5.75. The standard InChI is InChI=1S/C11H22N2O2/c1-3-5-10(11(14)15-4-2)13-7-6-9(12)8-13/h9-10H,3-8,12H2,1-2H3. The second-order valence-corrected chi connectivity index (χ2v) is 4.10. The van der Waals surface area contributed by atoms with Crippen molar-refractivity contribution in [2.45, 2.75) is 45.2 Å². The Balaban J connectivity index is 2.52. The van der Waals surface area contributed by atoms with Crippen LogP contribution in [0.2, 0.25) is 0 Å². The first kappa shape index (κ1) is 12.5. The molecule has 2 unspecified atom stereocenters. The maximum atomic E-state index is 11.7. The maximum absolute atomic E-state index is 11.7. The number of esters is 1. The number of hydrogen-bond acceptors (Lipinski definition) is 4. The second kappa shape index (κ2) is 6.08. The fourth-order valence-electron chi connectivity index (χ4n) is 2.06. The molecule has 0 aliphatic carbocycles. The Hall–Kier alpha value is -0.610. The fourth-order valence-corrected chi connectivity index (χ4v) is 2.06. The summed E-state index contributed by atoms with van der Waals surface area (Å²) >= 11 is 0. The van der Waals surface area contributed by atoms with Gasteiger partial charge >= 0.3 is 5.97 Å². The van der Waals surface area contributed by atoms with E-state index < -0.39 is 0 Å². The van der Waals surface area contributed by atoms with E-state index in [0.717, 1.165) is 32.4 Å². The summed E-state index contributed by atoms with van der Waals surface area (Å²) in [7, 11) is 0. The van der Waals surface area contributed by atoms with Crippen LogP contribution in [-0.2, 0) is 9.53 Å². The van der Waals surface area contributed by atoms with Gasteiger partial charge in [-0.25, -0.2) is 0 Å². The summed E-state index contributed by atoms with van der Waals surface area (Å²) in [6.45, 7) is 6.13. The third-order valence-corrected chi connectivity index (χ3v) is 2.82. The number of nitrogens with two attached hydrogens (primary N) is 1. The molecule has 88 valence electrons. The Morgan fingerprint density at radius 3 is 2.80 bits per heavy atom. The molecule has 15 heavy (non-hydrogen) atoms. The van der Waals surface area contributed by atoms with Gasteiger partial charge in [0.25, 0.3) is 0 Å². The van der Waals surface area contributed by atoms with Crippen molar-refractivity contribution in [2.24, 2.45) is 5.73 Å². The van der Waals surface area contributed by atoms with Gasteiger partial charge in [0.2, 0.25) is 0 Å². The predicted molar refractivity (Wildman–Crippen MR) is 59.5 cm³/mol. The van der Waals surface area contributed by atoms with Gasteiger partial charge in [-0.05, 0) is 19.8 Å². The fraction of sp³-hybridized carbons (Fsp3) is 0.909. The quantitative estimate of drug-likeness (QED) is 0.686. The lowest BCUT2D eigenvalue weighted by Crippen LogP contribution is -2.42. The molecule has 4 heteroatoms. The van der Waals surface area contributed by atoms with Crippen molar-refractivity contribution in [3.8, 4) is 0 Å². The molecule has 0 bridgehead atoms. The molecule has 1 saturated heterocycles. The summed E-state index contributed by atoms with van der Waals surface area (Å²) in [5.74, 6) is -0.0894. The number of likely N-dealkylation sites (tertiary alicyclic amines) is 1. The van der Waals surface area contributed by atoms with Gasteiger partial charge in [0, 0.05) is 19.1 Å². The molecule has 0 amide bonds. The van der Waals surface area contributed by atoms with Gasteiger partial charge in [0.15, 0.2) is 0 Å². The molecule has 4 nitrogen and oxygen atoms in total. The Labute approximate surface area is 91.8 Å². The minimum atomic E-state index is -0.0894. The smallest absolute Gasteiger partial charge is 0.323 e. The van der Waals surface area contributed by atoms with Crippen molar-refractivity contribution in [1.82, 2.24) is 4.90 Å². The topological polar surface area (TPSA) is 55.6 Å². The van der Waals surface area contributed by atoms with Crippen LogP contribution in [0.1, 0.15) is 33.1 Å². The van der Waals surface area contributed by atoms with E-state index in [4.69, 9.17) is 10.5 Å². The minimum absolute atomic E-state index is 0.0801. The molecule has 1 fully saturated rings. The number of ether oxygens (including phenoxy) is 1. The normalized spacial score (nSPS) is 24.1. The van der Waals surface area contributed by atoms with E-state index in [2.05, 4.69) is 11.8 Å². The highest BCUT2D eigenvalue weighted by Gasteiger charge is 2.31. The van der Waals surface area contributed by atoms with Crippen LogP contribution >= 0.6 is 0 Å². The van der Waals surface area contributed by atoms with Crippen molar-refractivity contribution in [3.05, 3.63) is 0 Å². The predicted octanol–water partition coefficient (Wildman–Crippen LogP) is 0.751.